The lowest BCUT2D eigenvalue weighted by Crippen LogP contribution is -2.24. The van der Waals surface area contributed by atoms with E-state index in [-0.39, 0.29) is 5.91 Å². The number of anilines is 1. The van der Waals surface area contributed by atoms with Crippen LogP contribution in [0.25, 0.3) is 0 Å². The van der Waals surface area contributed by atoms with Crippen LogP contribution in [0.1, 0.15) is 28.8 Å². The molecule has 3 rings (SSSR count). The van der Waals surface area contributed by atoms with Gasteiger partial charge in [-0.3, -0.25) is 4.79 Å². The third-order valence-corrected chi connectivity index (χ3v) is 4.75. The van der Waals surface area contributed by atoms with Crippen LogP contribution in [0.4, 0.5) is 5.82 Å². The number of nitrogens with one attached hydrogen (secondary N) is 1. The molecule has 2 aromatic rings. The Morgan fingerprint density at radius 3 is 2.64 bits per heavy atom. The summed E-state index contributed by atoms with van der Waals surface area (Å²) < 4.78 is 0.958. The lowest BCUT2D eigenvalue weighted by atomic mass is 10.2. The molecule has 1 aromatic heterocycles. The number of halogens is 1. The average molecular weight is 407 g/mol. The van der Waals surface area contributed by atoms with Crippen molar-refractivity contribution in [3.63, 3.8) is 0 Å². The number of hydrogen-bond donors (Lipinski definition) is 1. The van der Waals surface area contributed by atoms with Gasteiger partial charge in [-0.2, -0.15) is 0 Å². The van der Waals surface area contributed by atoms with Gasteiger partial charge in [0.05, 0.1) is 5.56 Å². The van der Waals surface area contributed by atoms with Gasteiger partial charge in [-0.05, 0) is 59.2 Å². The van der Waals surface area contributed by atoms with Gasteiger partial charge in [0, 0.05) is 29.4 Å². The SMILES string of the molecule is O=C(NCc1ccc(N2CCCC2)nc1)c1ccccc1I. The van der Waals surface area contributed by atoms with Gasteiger partial charge < -0.3 is 10.2 Å². The van der Waals surface area contributed by atoms with Crippen LogP contribution in [-0.4, -0.2) is 24.0 Å². The average Bonchev–Trinajstić information content (AvgIpc) is 3.08. The number of benzene rings is 1. The molecule has 1 amide bonds. The van der Waals surface area contributed by atoms with Gasteiger partial charge in [0.25, 0.3) is 5.91 Å². The quantitative estimate of drug-likeness (QED) is 0.792. The third kappa shape index (κ3) is 3.58. The minimum atomic E-state index is -0.0476. The number of rotatable bonds is 4. The van der Waals surface area contributed by atoms with E-state index in [9.17, 15) is 4.79 Å². The van der Waals surface area contributed by atoms with Crippen molar-refractivity contribution in [2.75, 3.05) is 18.0 Å². The van der Waals surface area contributed by atoms with Crippen LogP contribution in [0.3, 0.4) is 0 Å². The van der Waals surface area contributed by atoms with Gasteiger partial charge in [-0.15, -0.1) is 0 Å². The number of carbonyl (C=O) groups is 1. The van der Waals surface area contributed by atoms with E-state index in [0.717, 1.165) is 28.0 Å². The highest BCUT2D eigenvalue weighted by atomic mass is 127. The van der Waals surface area contributed by atoms with E-state index in [1.54, 1.807) is 0 Å². The smallest absolute Gasteiger partial charge is 0.252 e. The Bertz CT molecular complexity index is 651. The van der Waals surface area contributed by atoms with Crippen LogP contribution in [0, 0.1) is 3.57 Å². The van der Waals surface area contributed by atoms with Gasteiger partial charge in [0.15, 0.2) is 0 Å². The number of carbonyl (C=O) groups excluding carboxylic acids is 1. The van der Waals surface area contributed by atoms with Crippen molar-refractivity contribution in [3.05, 3.63) is 57.3 Å². The molecule has 0 saturated carbocycles. The second kappa shape index (κ2) is 7.09. The Morgan fingerprint density at radius 1 is 1.18 bits per heavy atom. The van der Waals surface area contributed by atoms with E-state index < -0.39 is 0 Å². The minimum absolute atomic E-state index is 0.0476. The molecule has 114 valence electrons. The lowest BCUT2D eigenvalue weighted by Gasteiger charge is -2.16. The molecule has 0 unspecified atom stereocenters. The molecule has 1 aromatic carbocycles. The van der Waals surface area contributed by atoms with E-state index in [0.29, 0.717) is 12.1 Å². The molecular weight excluding hydrogens is 389 g/mol. The summed E-state index contributed by atoms with van der Waals surface area (Å²) in [6.07, 6.45) is 4.34. The van der Waals surface area contributed by atoms with Gasteiger partial charge in [-0.25, -0.2) is 4.98 Å². The van der Waals surface area contributed by atoms with Crippen molar-refractivity contribution in [2.24, 2.45) is 0 Å². The number of amides is 1. The van der Waals surface area contributed by atoms with Crippen LogP contribution in [0.2, 0.25) is 0 Å². The molecule has 1 N–H and O–H groups in total. The monoisotopic (exact) mass is 407 g/mol. The highest BCUT2D eigenvalue weighted by Gasteiger charge is 2.13. The first kappa shape index (κ1) is 15.3. The Kier molecular flexibility index (Phi) is 4.92. The highest BCUT2D eigenvalue weighted by Crippen LogP contribution is 2.17. The fraction of sp³-hybridized carbons (Fsp3) is 0.294. The molecule has 0 aliphatic carbocycles. The first-order valence-corrected chi connectivity index (χ1v) is 8.54. The van der Waals surface area contributed by atoms with Crippen molar-refractivity contribution >= 4 is 34.3 Å². The predicted molar refractivity (Wildman–Crippen MR) is 96.0 cm³/mol. The van der Waals surface area contributed by atoms with Crippen LogP contribution < -0.4 is 10.2 Å². The van der Waals surface area contributed by atoms with Crippen LogP contribution in [0.5, 0.6) is 0 Å². The van der Waals surface area contributed by atoms with Crippen molar-refractivity contribution in [2.45, 2.75) is 19.4 Å². The van der Waals surface area contributed by atoms with Crippen molar-refractivity contribution in [3.8, 4) is 0 Å². The fourth-order valence-corrected chi connectivity index (χ4v) is 3.21. The van der Waals surface area contributed by atoms with E-state index in [1.807, 2.05) is 42.6 Å². The first-order valence-electron chi connectivity index (χ1n) is 7.46. The van der Waals surface area contributed by atoms with E-state index in [1.165, 1.54) is 12.8 Å². The molecule has 0 atom stereocenters. The van der Waals surface area contributed by atoms with Gasteiger partial charge in [-0.1, -0.05) is 18.2 Å². The van der Waals surface area contributed by atoms with Gasteiger partial charge >= 0.3 is 0 Å². The highest BCUT2D eigenvalue weighted by molar-refractivity contribution is 14.1. The largest absolute Gasteiger partial charge is 0.357 e. The number of hydrogen-bond acceptors (Lipinski definition) is 3. The zero-order valence-corrected chi connectivity index (χ0v) is 14.4. The first-order chi connectivity index (χ1) is 10.7. The molecule has 5 heteroatoms. The number of nitrogens with zero attached hydrogens (tertiary/aromatic N) is 2. The van der Waals surface area contributed by atoms with E-state index in [4.69, 9.17) is 0 Å². The summed E-state index contributed by atoms with van der Waals surface area (Å²) in [7, 11) is 0. The minimum Gasteiger partial charge on any atom is -0.357 e. The molecule has 1 saturated heterocycles. The van der Waals surface area contributed by atoms with Crippen molar-refractivity contribution in [1.82, 2.24) is 10.3 Å². The molecule has 1 fully saturated rings. The zero-order chi connectivity index (χ0) is 15.4. The van der Waals surface area contributed by atoms with Crippen LogP contribution >= 0.6 is 22.6 Å². The summed E-state index contributed by atoms with van der Waals surface area (Å²) in [5.41, 5.74) is 1.73. The second-order valence-electron chi connectivity index (χ2n) is 5.38. The Morgan fingerprint density at radius 2 is 1.95 bits per heavy atom. The molecule has 0 bridgehead atoms. The Hall–Kier alpha value is -1.63. The zero-order valence-electron chi connectivity index (χ0n) is 12.3. The summed E-state index contributed by atoms with van der Waals surface area (Å²) in [6, 6.07) is 11.7. The van der Waals surface area contributed by atoms with Gasteiger partial charge in [0.1, 0.15) is 5.82 Å². The third-order valence-electron chi connectivity index (χ3n) is 3.81. The lowest BCUT2D eigenvalue weighted by molar-refractivity contribution is 0.0950. The molecule has 1 aliphatic rings. The summed E-state index contributed by atoms with van der Waals surface area (Å²) in [5, 5.41) is 2.95. The molecule has 1 aliphatic heterocycles. The van der Waals surface area contributed by atoms with Gasteiger partial charge in [0.2, 0.25) is 0 Å². The summed E-state index contributed by atoms with van der Waals surface area (Å²) >= 11 is 2.18. The summed E-state index contributed by atoms with van der Waals surface area (Å²) in [4.78, 5) is 19.0. The standard InChI is InChI=1S/C17H18IN3O/c18-15-6-2-1-5-14(15)17(22)20-12-13-7-8-16(19-11-13)21-9-3-4-10-21/h1-2,5-8,11H,3-4,9-10,12H2,(H,20,22). The molecule has 0 radical (unpaired) electrons. The van der Waals surface area contributed by atoms with E-state index >= 15 is 0 Å². The number of pyridine rings is 1. The maximum atomic E-state index is 12.2. The topological polar surface area (TPSA) is 45.2 Å². The summed E-state index contributed by atoms with van der Waals surface area (Å²) in [6.45, 7) is 2.68. The second-order valence-corrected chi connectivity index (χ2v) is 6.54. The molecule has 2 heterocycles. The van der Waals surface area contributed by atoms with Crippen LogP contribution in [0.15, 0.2) is 42.6 Å². The maximum absolute atomic E-state index is 12.2. The Labute approximate surface area is 144 Å². The van der Waals surface area contributed by atoms with Crippen LogP contribution in [-0.2, 0) is 6.54 Å². The molecule has 0 spiro atoms. The molecule has 4 nitrogen and oxygen atoms in total. The number of aromatic nitrogens is 1. The fourth-order valence-electron chi connectivity index (χ4n) is 2.58. The van der Waals surface area contributed by atoms with E-state index in [2.05, 4.69) is 37.8 Å². The van der Waals surface area contributed by atoms with Crippen molar-refractivity contribution in [1.29, 1.82) is 0 Å². The normalized spacial score (nSPS) is 14.1. The Balaban J connectivity index is 1.59. The molecular formula is C17H18IN3O. The van der Waals surface area contributed by atoms with Crippen molar-refractivity contribution < 1.29 is 4.79 Å². The molecule has 22 heavy (non-hydrogen) atoms. The maximum Gasteiger partial charge on any atom is 0.252 e. The summed E-state index contributed by atoms with van der Waals surface area (Å²) in [5.74, 6) is 0.985. The predicted octanol–water partition coefficient (Wildman–Crippen LogP) is 3.22.